The highest BCUT2D eigenvalue weighted by Crippen LogP contribution is 2.10. The predicted octanol–water partition coefficient (Wildman–Crippen LogP) is 2.11. The molecule has 2 aromatic rings. The number of carboxylic acids is 1. The Labute approximate surface area is 135 Å². The van der Waals surface area contributed by atoms with Crippen LogP contribution in [0.5, 0.6) is 0 Å². The summed E-state index contributed by atoms with van der Waals surface area (Å²) in [4.78, 5) is 27.2. The van der Waals surface area contributed by atoms with Gasteiger partial charge < -0.3 is 10.4 Å². The van der Waals surface area contributed by atoms with E-state index in [1.165, 1.54) is 6.20 Å². The van der Waals surface area contributed by atoms with E-state index in [0.717, 1.165) is 9.13 Å². The third-order valence-electron chi connectivity index (χ3n) is 2.86. The molecule has 2 N–H and O–H groups in total. The number of nitrogens with one attached hydrogen (secondary N) is 1. The number of carbonyl (C=O) groups is 2. The molecule has 108 valence electrons. The molecule has 0 bridgehead atoms. The van der Waals surface area contributed by atoms with Gasteiger partial charge in [0.25, 0.3) is 5.91 Å². The minimum Gasteiger partial charge on any atom is -0.480 e. The molecule has 0 unspecified atom stereocenters. The maximum absolute atomic E-state index is 12.0. The number of halogens is 1. The standard InChI is InChI=1S/C15H13IN2O3/c16-12-5-1-3-10(7-12)8-13(15(20)21)18-14(19)11-4-2-6-17-9-11/h1-7,9,13H,8H2,(H,18,19)(H,20,21)/t13-/m0/s1. The minimum atomic E-state index is -1.06. The second kappa shape index (κ2) is 7.16. The lowest BCUT2D eigenvalue weighted by Crippen LogP contribution is -2.42. The molecule has 5 nitrogen and oxygen atoms in total. The zero-order valence-electron chi connectivity index (χ0n) is 11.0. The zero-order valence-corrected chi connectivity index (χ0v) is 13.1. The zero-order chi connectivity index (χ0) is 15.2. The summed E-state index contributed by atoms with van der Waals surface area (Å²) >= 11 is 2.16. The number of benzene rings is 1. The van der Waals surface area contributed by atoms with E-state index in [9.17, 15) is 14.7 Å². The summed E-state index contributed by atoms with van der Waals surface area (Å²) in [6.45, 7) is 0. The van der Waals surface area contributed by atoms with E-state index in [1.54, 1.807) is 18.3 Å². The molecule has 1 aromatic carbocycles. The molecule has 1 amide bonds. The van der Waals surface area contributed by atoms with Crippen LogP contribution < -0.4 is 5.32 Å². The van der Waals surface area contributed by atoms with Gasteiger partial charge in [-0.15, -0.1) is 0 Å². The van der Waals surface area contributed by atoms with E-state index >= 15 is 0 Å². The maximum atomic E-state index is 12.0. The highest BCUT2D eigenvalue weighted by Gasteiger charge is 2.21. The average molecular weight is 396 g/mol. The quantitative estimate of drug-likeness (QED) is 0.759. The Morgan fingerprint density at radius 3 is 2.71 bits per heavy atom. The summed E-state index contributed by atoms with van der Waals surface area (Å²) in [5.41, 5.74) is 1.20. The fourth-order valence-corrected chi connectivity index (χ4v) is 2.45. The van der Waals surface area contributed by atoms with Gasteiger partial charge in [-0.2, -0.15) is 0 Å². The molecular formula is C15H13IN2O3. The van der Waals surface area contributed by atoms with Crippen LogP contribution in [-0.4, -0.2) is 28.0 Å². The number of aliphatic carboxylic acids is 1. The van der Waals surface area contributed by atoms with E-state index in [2.05, 4.69) is 32.9 Å². The molecule has 2 rings (SSSR count). The van der Waals surface area contributed by atoms with E-state index in [-0.39, 0.29) is 6.42 Å². The van der Waals surface area contributed by atoms with Crippen molar-refractivity contribution >= 4 is 34.5 Å². The third-order valence-corrected chi connectivity index (χ3v) is 3.53. The van der Waals surface area contributed by atoms with Crippen LogP contribution in [0.2, 0.25) is 0 Å². The summed E-state index contributed by atoms with van der Waals surface area (Å²) < 4.78 is 1.02. The molecule has 0 saturated carbocycles. The molecule has 0 aliphatic heterocycles. The Balaban J connectivity index is 2.09. The molecule has 1 atom stereocenters. The lowest BCUT2D eigenvalue weighted by molar-refractivity contribution is -0.139. The first kappa shape index (κ1) is 15.4. The van der Waals surface area contributed by atoms with Crippen LogP contribution in [0.1, 0.15) is 15.9 Å². The molecule has 21 heavy (non-hydrogen) atoms. The number of rotatable bonds is 5. The van der Waals surface area contributed by atoms with Crippen molar-refractivity contribution in [2.75, 3.05) is 0 Å². The Hall–Kier alpha value is -1.96. The third kappa shape index (κ3) is 4.52. The second-order valence-corrected chi connectivity index (χ2v) is 5.69. The number of amides is 1. The lowest BCUT2D eigenvalue weighted by Gasteiger charge is -2.14. The molecule has 0 aliphatic rings. The van der Waals surface area contributed by atoms with Gasteiger partial charge in [-0.1, -0.05) is 12.1 Å². The van der Waals surface area contributed by atoms with Crippen molar-refractivity contribution in [2.45, 2.75) is 12.5 Å². The van der Waals surface area contributed by atoms with Crippen LogP contribution in [0.15, 0.2) is 48.8 Å². The molecule has 6 heteroatoms. The van der Waals surface area contributed by atoms with Gasteiger partial charge in [-0.25, -0.2) is 4.79 Å². The van der Waals surface area contributed by atoms with Crippen LogP contribution in [0.3, 0.4) is 0 Å². The van der Waals surface area contributed by atoms with Gasteiger partial charge in [0, 0.05) is 22.4 Å². The van der Waals surface area contributed by atoms with Crippen LogP contribution in [0.4, 0.5) is 0 Å². The fraction of sp³-hybridized carbons (Fsp3) is 0.133. The predicted molar refractivity (Wildman–Crippen MR) is 86.0 cm³/mol. The van der Waals surface area contributed by atoms with E-state index in [4.69, 9.17) is 0 Å². The topological polar surface area (TPSA) is 79.3 Å². The van der Waals surface area contributed by atoms with Crippen LogP contribution in [0, 0.1) is 3.57 Å². The van der Waals surface area contributed by atoms with Crippen LogP contribution in [-0.2, 0) is 11.2 Å². The summed E-state index contributed by atoms with van der Waals surface area (Å²) in [6, 6.07) is 9.77. The van der Waals surface area contributed by atoms with Gasteiger partial charge in [-0.05, 0) is 52.4 Å². The van der Waals surface area contributed by atoms with Crippen molar-refractivity contribution in [3.63, 3.8) is 0 Å². The van der Waals surface area contributed by atoms with Crippen molar-refractivity contribution in [1.29, 1.82) is 0 Å². The van der Waals surface area contributed by atoms with E-state index < -0.39 is 17.9 Å². The number of carboxylic acid groups (broad SMARTS) is 1. The van der Waals surface area contributed by atoms with Crippen molar-refractivity contribution < 1.29 is 14.7 Å². The highest BCUT2D eigenvalue weighted by molar-refractivity contribution is 14.1. The highest BCUT2D eigenvalue weighted by atomic mass is 127. The molecule has 1 aromatic heterocycles. The lowest BCUT2D eigenvalue weighted by atomic mass is 10.1. The monoisotopic (exact) mass is 396 g/mol. The normalized spacial score (nSPS) is 11.7. The number of nitrogens with zero attached hydrogens (tertiary/aromatic N) is 1. The molecule has 1 heterocycles. The van der Waals surface area contributed by atoms with Crippen molar-refractivity contribution in [3.05, 3.63) is 63.5 Å². The Morgan fingerprint density at radius 2 is 2.10 bits per heavy atom. The van der Waals surface area contributed by atoms with Gasteiger partial charge in [0.05, 0.1) is 5.56 Å². The second-order valence-electron chi connectivity index (χ2n) is 4.44. The maximum Gasteiger partial charge on any atom is 0.326 e. The Bertz CT molecular complexity index is 646. The first-order chi connectivity index (χ1) is 10.1. The smallest absolute Gasteiger partial charge is 0.326 e. The van der Waals surface area contributed by atoms with Crippen LogP contribution >= 0.6 is 22.6 Å². The van der Waals surface area contributed by atoms with Crippen LogP contribution in [0.25, 0.3) is 0 Å². The van der Waals surface area contributed by atoms with Crippen molar-refractivity contribution in [2.24, 2.45) is 0 Å². The number of carbonyl (C=O) groups excluding carboxylic acids is 1. The Kier molecular flexibility index (Phi) is 5.26. The molecule has 0 saturated heterocycles. The van der Waals surface area contributed by atoms with Gasteiger partial charge in [-0.3, -0.25) is 9.78 Å². The fourth-order valence-electron chi connectivity index (χ4n) is 1.84. The van der Waals surface area contributed by atoms with E-state index in [0.29, 0.717) is 5.56 Å². The Morgan fingerprint density at radius 1 is 1.29 bits per heavy atom. The first-order valence-corrected chi connectivity index (χ1v) is 7.32. The number of hydrogen-bond donors (Lipinski definition) is 2. The molecule has 0 radical (unpaired) electrons. The number of pyridine rings is 1. The molecule has 0 aliphatic carbocycles. The summed E-state index contributed by atoms with van der Waals surface area (Å²) in [6.07, 6.45) is 3.19. The minimum absolute atomic E-state index is 0.234. The van der Waals surface area contributed by atoms with Gasteiger partial charge in [0.1, 0.15) is 6.04 Å². The van der Waals surface area contributed by atoms with Crippen molar-refractivity contribution in [3.8, 4) is 0 Å². The summed E-state index contributed by atoms with van der Waals surface area (Å²) in [5, 5.41) is 11.8. The largest absolute Gasteiger partial charge is 0.480 e. The average Bonchev–Trinajstić information content (AvgIpc) is 2.47. The SMILES string of the molecule is O=C(N[C@@H](Cc1cccc(I)c1)C(=O)O)c1cccnc1. The number of aromatic nitrogens is 1. The van der Waals surface area contributed by atoms with Gasteiger partial charge in [0.15, 0.2) is 0 Å². The van der Waals surface area contributed by atoms with Crippen molar-refractivity contribution in [1.82, 2.24) is 10.3 Å². The molecular weight excluding hydrogens is 383 g/mol. The van der Waals surface area contributed by atoms with Gasteiger partial charge >= 0.3 is 5.97 Å². The van der Waals surface area contributed by atoms with Gasteiger partial charge in [0.2, 0.25) is 0 Å². The molecule has 0 spiro atoms. The summed E-state index contributed by atoms with van der Waals surface area (Å²) in [7, 11) is 0. The number of hydrogen-bond acceptors (Lipinski definition) is 3. The summed E-state index contributed by atoms with van der Waals surface area (Å²) in [5.74, 6) is -1.51. The van der Waals surface area contributed by atoms with E-state index in [1.807, 2.05) is 24.3 Å². The molecule has 0 fully saturated rings. The first-order valence-electron chi connectivity index (χ1n) is 6.24.